The lowest BCUT2D eigenvalue weighted by molar-refractivity contribution is 0.778. The number of nitrogens with one attached hydrogen (secondary N) is 1. The van der Waals surface area contributed by atoms with Crippen LogP contribution in [-0.2, 0) is 0 Å². The van der Waals surface area contributed by atoms with E-state index < -0.39 is 5.69 Å². The van der Waals surface area contributed by atoms with E-state index in [-0.39, 0.29) is 0 Å². The molecule has 0 aliphatic heterocycles. The number of rotatable bonds is 1. The van der Waals surface area contributed by atoms with Crippen LogP contribution in [0.4, 0.5) is 5.69 Å². The van der Waals surface area contributed by atoms with Gasteiger partial charge in [-0.1, -0.05) is 0 Å². The molecule has 0 aliphatic rings. The van der Waals surface area contributed by atoms with E-state index in [0.717, 1.165) is 4.52 Å². The number of H-pyrrole nitrogens is 1. The highest BCUT2D eigenvalue weighted by atomic mass is 16.2. The Morgan fingerprint density at radius 2 is 2.25 bits per heavy atom. The van der Waals surface area contributed by atoms with Crippen LogP contribution in [-0.4, -0.2) is 29.6 Å². The van der Waals surface area contributed by atoms with E-state index >= 15 is 0 Å². The summed E-state index contributed by atoms with van der Waals surface area (Å²) < 4.78 is 2.64. The fourth-order valence-corrected chi connectivity index (χ4v) is 1.38. The predicted molar refractivity (Wildman–Crippen MR) is 55.1 cm³/mol. The Hall–Kier alpha value is -2.64. The van der Waals surface area contributed by atoms with Gasteiger partial charge in [0.25, 0.3) is 0 Å². The molecule has 16 heavy (non-hydrogen) atoms. The number of nitrogens with two attached hydrogens (primary N) is 1. The van der Waals surface area contributed by atoms with Crippen LogP contribution in [0.1, 0.15) is 0 Å². The van der Waals surface area contributed by atoms with Crippen molar-refractivity contribution < 1.29 is 0 Å². The van der Waals surface area contributed by atoms with Crippen LogP contribution in [0.15, 0.2) is 29.3 Å². The standard InChI is InChI=1S/C8H7N7O/c9-5-3-10-14(4-5)7-2-1-6-11-12-8(16)15(6)13-7/h1-4H,9H2,(H,12,16). The topological polar surface area (TPSA) is 107 Å². The van der Waals surface area contributed by atoms with E-state index in [4.69, 9.17) is 5.73 Å². The molecule has 8 nitrogen and oxygen atoms in total. The van der Waals surface area contributed by atoms with Gasteiger partial charge >= 0.3 is 5.69 Å². The number of hydrogen-bond acceptors (Lipinski definition) is 5. The molecule has 0 saturated carbocycles. The molecule has 0 unspecified atom stereocenters. The molecule has 80 valence electrons. The fourth-order valence-electron chi connectivity index (χ4n) is 1.38. The Morgan fingerprint density at radius 3 is 3.00 bits per heavy atom. The van der Waals surface area contributed by atoms with Gasteiger partial charge in [-0.15, -0.1) is 5.10 Å². The van der Waals surface area contributed by atoms with Crippen molar-refractivity contribution >= 4 is 11.3 Å². The minimum Gasteiger partial charge on any atom is -0.396 e. The summed E-state index contributed by atoms with van der Waals surface area (Å²) in [5.41, 5.74) is 6.13. The summed E-state index contributed by atoms with van der Waals surface area (Å²) in [5.74, 6) is 0.493. The SMILES string of the molecule is Nc1cnn(-c2ccc3n[nH]c(=O)n3n2)c1. The molecule has 3 aromatic rings. The van der Waals surface area contributed by atoms with E-state index in [1.807, 2.05) is 0 Å². The van der Waals surface area contributed by atoms with Gasteiger partial charge in [-0.25, -0.2) is 14.6 Å². The second kappa shape index (κ2) is 2.92. The van der Waals surface area contributed by atoms with Gasteiger partial charge in [0, 0.05) is 0 Å². The van der Waals surface area contributed by atoms with E-state index in [1.165, 1.54) is 10.9 Å². The van der Waals surface area contributed by atoms with Crippen LogP contribution < -0.4 is 11.4 Å². The maximum Gasteiger partial charge on any atom is 0.364 e. The van der Waals surface area contributed by atoms with Crippen LogP contribution in [0.5, 0.6) is 0 Å². The first-order valence-electron chi connectivity index (χ1n) is 4.49. The zero-order valence-corrected chi connectivity index (χ0v) is 8.03. The van der Waals surface area contributed by atoms with Gasteiger partial charge < -0.3 is 5.73 Å². The first kappa shape index (κ1) is 8.65. The highest BCUT2D eigenvalue weighted by Crippen LogP contribution is 2.06. The summed E-state index contributed by atoms with van der Waals surface area (Å²) >= 11 is 0. The number of anilines is 1. The first-order chi connectivity index (χ1) is 7.74. The molecule has 3 aromatic heterocycles. The molecule has 8 heteroatoms. The minimum absolute atomic E-state index is 0.392. The lowest BCUT2D eigenvalue weighted by Gasteiger charge is -1.98. The third kappa shape index (κ3) is 1.16. The third-order valence-corrected chi connectivity index (χ3v) is 2.10. The summed E-state index contributed by atoms with van der Waals surface area (Å²) in [6.45, 7) is 0. The van der Waals surface area contributed by atoms with Crippen LogP contribution in [0, 0.1) is 0 Å². The molecule has 3 N–H and O–H groups in total. The predicted octanol–water partition coefficient (Wildman–Crippen LogP) is -0.815. The van der Waals surface area contributed by atoms with Crippen molar-refractivity contribution in [3.63, 3.8) is 0 Å². The Kier molecular flexibility index (Phi) is 1.58. The van der Waals surface area contributed by atoms with E-state index in [2.05, 4.69) is 20.4 Å². The number of hydrogen-bond donors (Lipinski definition) is 2. The summed E-state index contributed by atoms with van der Waals surface area (Å²) in [4.78, 5) is 11.3. The molecule has 0 fully saturated rings. The molecule has 3 heterocycles. The van der Waals surface area contributed by atoms with Crippen LogP contribution >= 0.6 is 0 Å². The van der Waals surface area contributed by atoms with Crippen LogP contribution in [0.2, 0.25) is 0 Å². The van der Waals surface area contributed by atoms with Gasteiger partial charge in [0.2, 0.25) is 0 Å². The number of aromatic amines is 1. The van der Waals surface area contributed by atoms with E-state index in [0.29, 0.717) is 17.2 Å². The monoisotopic (exact) mass is 217 g/mol. The van der Waals surface area contributed by atoms with Gasteiger partial charge in [-0.05, 0) is 12.1 Å². The normalized spacial score (nSPS) is 11.0. The van der Waals surface area contributed by atoms with Gasteiger partial charge in [-0.3, -0.25) is 0 Å². The molecule has 0 spiro atoms. The highest BCUT2D eigenvalue weighted by molar-refractivity contribution is 5.39. The van der Waals surface area contributed by atoms with Crippen LogP contribution in [0.25, 0.3) is 11.5 Å². The third-order valence-electron chi connectivity index (χ3n) is 2.10. The van der Waals surface area contributed by atoms with Crippen molar-refractivity contribution in [3.05, 3.63) is 35.0 Å². The highest BCUT2D eigenvalue weighted by Gasteiger charge is 2.04. The first-order valence-corrected chi connectivity index (χ1v) is 4.49. The fraction of sp³-hybridized carbons (Fsp3) is 0. The zero-order valence-electron chi connectivity index (χ0n) is 8.03. The largest absolute Gasteiger partial charge is 0.396 e. The van der Waals surface area contributed by atoms with Gasteiger partial charge in [0.15, 0.2) is 11.5 Å². The Bertz CT molecular complexity index is 706. The zero-order chi connectivity index (χ0) is 11.1. The average Bonchev–Trinajstić information content (AvgIpc) is 2.86. The van der Waals surface area contributed by atoms with Gasteiger partial charge in [0.1, 0.15) is 0 Å². The van der Waals surface area contributed by atoms with Crippen molar-refractivity contribution in [2.24, 2.45) is 0 Å². The number of nitrogens with zero attached hydrogens (tertiary/aromatic N) is 5. The van der Waals surface area contributed by atoms with Crippen LogP contribution in [0.3, 0.4) is 0 Å². The molecule has 0 amide bonds. The maximum absolute atomic E-state index is 11.3. The van der Waals surface area contributed by atoms with E-state index in [1.54, 1.807) is 18.3 Å². The number of nitrogen functional groups attached to an aromatic ring is 1. The average molecular weight is 217 g/mol. The lowest BCUT2D eigenvalue weighted by Crippen LogP contribution is -2.14. The summed E-state index contributed by atoms with van der Waals surface area (Å²) in [5, 5.41) is 14.1. The Balaban J connectivity index is 2.25. The van der Waals surface area contributed by atoms with E-state index in [9.17, 15) is 4.79 Å². The quantitative estimate of drug-likeness (QED) is 0.554. The smallest absolute Gasteiger partial charge is 0.364 e. The van der Waals surface area contributed by atoms with Gasteiger partial charge in [-0.2, -0.15) is 14.7 Å². The molecular formula is C8H7N7O. The summed E-state index contributed by atoms with van der Waals surface area (Å²) in [6.07, 6.45) is 3.11. The number of aromatic nitrogens is 6. The maximum atomic E-state index is 11.3. The van der Waals surface area contributed by atoms with Crippen molar-refractivity contribution in [2.75, 3.05) is 5.73 Å². The van der Waals surface area contributed by atoms with Crippen molar-refractivity contribution in [3.8, 4) is 5.82 Å². The second-order valence-electron chi connectivity index (χ2n) is 3.21. The van der Waals surface area contributed by atoms with Crippen molar-refractivity contribution in [1.29, 1.82) is 0 Å². The Labute approximate surface area is 88.3 Å². The molecule has 0 radical (unpaired) electrons. The molecule has 3 rings (SSSR count). The van der Waals surface area contributed by atoms with Crippen molar-refractivity contribution in [1.82, 2.24) is 29.6 Å². The molecule has 0 saturated heterocycles. The molecule has 0 bridgehead atoms. The molecule has 0 aromatic carbocycles. The van der Waals surface area contributed by atoms with Crippen molar-refractivity contribution in [2.45, 2.75) is 0 Å². The molecule has 0 atom stereocenters. The molecular weight excluding hydrogens is 210 g/mol. The minimum atomic E-state index is -0.392. The lowest BCUT2D eigenvalue weighted by atomic mass is 10.5. The molecule has 0 aliphatic carbocycles. The Morgan fingerprint density at radius 1 is 1.38 bits per heavy atom. The van der Waals surface area contributed by atoms with Gasteiger partial charge in [0.05, 0.1) is 18.1 Å². The second-order valence-corrected chi connectivity index (χ2v) is 3.21. The summed E-state index contributed by atoms with van der Waals surface area (Å²) in [6, 6.07) is 3.36. The summed E-state index contributed by atoms with van der Waals surface area (Å²) in [7, 11) is 0. The number of fused-ring (bicyclic) bond motifs is 1.